The number of nitrogens with zero attached hydrogens (tertiary/aromatic N) is 1. The highest BCUT2D eigenvalue weighted by molar-refractivity contribution is 5.75. The summed E-state index contributed by atoms with van der Waals surface area (Å²) >= 11 is 0. The van der Waals surface area contributed by atoms with Crippen molar-refractivity contribution in [2.45, 2.75) is 20.3 Å². The molecule has 0 atom stereocenters. The highest BCUT2D eigenvalue weighted by Crippen LogP contribution is 2.20. The molecule has 1 aromatic carbocycles. The van der Waals surface area contributed by atoms with Crippen LogP contribution in [0.1, 0.15) is 17.5 Å². The number of benzene rings is 1. The van der Waals surface area contributed by atoms with Crippen molar-refractivity contribution in [3.8, 4) is 5.75 Å². The van der Waals surface area contributed by atoms with Gasteiger partial charge in [-0.3, -0.25) is 4.79 Å². The van der Waals surface area contributed by atoms with Crippen LogP contribution in [0.25, 0.3) is 0 Å². The summed E-state index contributed by atoms with van der Waals surface area (Å²) in [6, 6.07) is 5.98. The van der Waals surface area contributed by atoms with Gasteiger partial charge in [-0.2, -0.15) is 0 Å². The summed E-state index contributed by atoms with van der Waals surface area (Å²) in [6.45, 7) is 5.55. The second kappa shape index (κ2) is 7.01. The van der Waals surface area contributed by atoms with Gasteiger partial charge >= 0.3 is 0 Å². The van der Waals surface area contributed by atoms with Crippen LogP contribution in [-0.2, 0) is 4.79 Å². The third kappa shape index (κ3) is 4.04. The number of carbonyl (C=O) groups excluding carboxylic acids is 1. The summed E-state index contributed by atoms with van der Waals surface area (Å²) in [5, 5.41) is 0. The van der Waals surface area contributed by atoms with Crippen LogP contribution in [0.5, 0.6) is 5.75 Å². The van der Waals surface area contributed by atoms with Gasteiger partial charge in [0, 0.05) is 20.0 Å². The van der Waals surface area contributed by atoms with Gasteiger partial charge in [-0.25, -0.2) is 0 Å². The van der Waals surface area contributed by atoms with Gasteiger partial charge in [-0.1, -0.05) is 12.1 Å². The molecule has 18 heavy (non-hydrogen) atoms. The largest absolute Gasteiger partial charge is 0.491 e. The molecule has 0 aromatic heterocycles. The molecular formula is C14H22N2O2. The summed E-state index contributed by atoms with van der Waals surface area (Å²) in [7, 11) is 1.77. The lowest BCUT2D eigenvalue weighted by molar-refractivity contribution is -0.130. The molecule has 2 N–H and O–H groups in total. The lowest BCUT2D eigenvalue weighted by atomic mass is 10.1. The van der Waals surface area contributed by atoms with E-state index in [0.29, 0.717) is 26.1 Å². The number of rotatable bonds is 6. The van der Waals surface area contributed by atoms with Crippen LogP contribution >= 0.6 is 0 Å². The first kappa shape index (κ1) is 14.5. The quantitative estimate of drug-likeness (QED) is 0.832. The van der Waals surface area contributed by atoms with E-state index in [2.05, 4.69) is 13.0 Å². The monoisotopic (exact) mass is 250 g/mol. The van der Waals surface area contributed by atoms with E-state index in [0.717, 1.165) is 11.3 Å². The van der Waals surface area contributed by atoms with Crippen LogP contribution in [0.2, 0.25) is 0 Å². The Morgan fingerprint density at radius 3 is 2.78 bits per heavy atom. The van der Waals surface area contributed by atoms with Crippen LogP contribution in [0, 0.1) is 13.8 Å². The molecule has 4 nitrogen and oxygen atoms in total. The minimum Gasteiger partial charge on any atom is -0.491 e. The maximum Gasteiger partial charge on any atom is 0.223 e. The molecule has 0 heterocycles. The van der Waals surface area contributed by atoms with Gasteiger partial charge in [0.15, 0.2) is 0 Å². The Balaban J connectivity index is 2.42. The Kier molecular flexibility index (Phi) is 5.65. The Morgan fingerprint density at radius 2 is 2.11 bits per heavy atom. The predicted molar refractivity (Wildman–Crippen MR) is 72.7 cm³/mol. The Hall–Kier alpha value is -1.55. The van der Waals surface area contributed by atoms with Gasteiger partial charge < -0.3 is 15.4 Å². The minimum atomic E-state index is 0.0575. The first-order valence-corrected chi connectivity index (χ1v) is 6.19. The van der Waals surface area contributed by atoms with Crippen LogP contribution in [0.15, 0.2) is 18.2 Å². The molecule has 0 aliphatic heterocycles. The van der Waals surface area contributed by atoms with E-state index in [1.54, 1.807) is 11.9 Å². The first-order valence-electron chi connectivity index (χ1n) is 6.19. The molecule has 0 fully saturated rings. The molecular weight excluding hydrogens is 228 g/mol. The Labute approximate surface area is 109 Å². The average Bonchev–Trinajstić information content (AvgIpc) is 2.34. The van der Waals surface area contributed by atoms with Gasteiger partial charge in [0.25, 0.3) is 0 Å². The molecule has 1 rings (SSSR count). The van der Waals surface area contributed by atoms with E-state index in [-0.39, 0.29) is 5.91 Å². The topological polar surface area (TPSA) is 55.6 Å². The molecule has 0 bridgehead atoms. The second-order valence-corrected chi connectivity index (χ2v) is 4.40. The fraction of sp³-hybridized carbons (Fsp3) is 0.500. The molecule has 1 aromatic rings. The summed E-state index contributed by atoms with van der Waals surface area (Å²) in [6.07, 6.45) is 0.389. The maximum atomic E-state index is 11.5. The van der Waals surface area contributed by atoms with E-state index < -0.39 is 0 Å². The van der Waals surface area contributed by atoms with Crippen molar-refractivity contribution in [1.82, 2.24) is 4.90 Å². The third-order valence-corrected chi connectivity index (χ3v) is 3.02. The van der Waals surface area contributed by atoms with Gasteiger partial charge in [0.05, 0.1) is 6.54 Å². The number of likely N-dealkylation sites (N-methyl/N-ethyl adjacent to an activating group) is 1. The molecule has 1 amide bonds. The Bertz CT molecular complexity index is 405. The summed E-state index contributed by atoms with van der Waals surface area (Å²) < 4.78 is 5.69. The maximum absolute atomic E-state index is 11.5. The van der Waals surface area contributed by atoms with Crippen molar-refractivity contribution in [3.05, 3.63) is 29.3 Å². The standard InChI is InChI=1S/C14H22N2O2/c1-11-5-4-6-13(12(11)2)18-10-9-16(3)14(17)7-8-15/h4-6H,7-10,15H2,1-3H3. The third-order valence-electron chi connectivity index (χ3n) is 3.02. The number of ether oxygens (including phenoxy) is 1. The number of hydrogen-bond acceptors (Lipinski definition) is 3. The Morgan fingerprint density at radius 1 is 1.39 bits per heavy atom. The summed E-state index contributed by atoms with van der Waals surface area (Å²) in [4.78, 5) is 13.1. The molecule has 100 valence electrons. The lowest BCUT2D eigenvalue weighted by Gasteiger charge is -2.18. The van der Waals surface area contributed by atoms with Crippen molar-refractivity contribution in [2.75, 3.05) is 26.7 Å². The van der Waals surface area contributed by atoms with Crippen molar-refractivity contribution in [1.29, 1.82) is 0 Å². The minimum absolute atomic E-state index is 0.0575. The van der Waals surface area contributed by atoms with Gasteiger partial charge in [-0.15, -0.1) is 0 Å². The molecule has 0 unspecified atom stereocenters. The van der Waals surface area contributed by atoms with Gasteiger partial charge in [0.2, 0.25) is 5.91 Å². The van der Waals surface area contributed by atoms with Crippen molar-refractivity contribution in [2.24, 2.45) is 5.73 Å². The van der Waals surface area contributed by atoms with E-state index >= 15 is 0 Å². The smallest absolute Gasteiger partial charge is 0.223 e. The molecule has 0 radical (unpaired) electrons. The average molecular weight is 250 g/mol. The highest BCUT2D eigenvalue weighted by Gasteiger charge is 2.07. The van der Waals surface area contributed by atoms with Crippen LogP contribution in [0.3, 0.4) is 0 Å². The fourth-order valence-corrected chi connectivity index (χ4v) is 1.61. The van der Waals surface area contributed by atoms with Crippen molar-refractivity contribution >= 4 is 5.91 Å². The lowest BCUT2D eigenvalue weighted by Crippen LogP contribution is -2.32. The number of carbonyl (C=O) groups is 1. The van der Waals surface area contributed by atoms with E-state index in [9.17, 15) is 4.79 Å². The van der Waals surface area contributed by atoms with Crippen molar-refractivity contribution < 1.29 is 9.53 Å². The van der Waals surface area contributed by atoms with E-state index in [1.165, 1.54) is 5.56 Å². The zero-order valence-corrected chi connectivity index (χ0v) is 11.4. The molecule has 4 heteroatoms. The zero-order valence-electron chi connectivity index (χ0n) is 11.4. The summed E-state index contributed by atoms with van der Waals surface area (Å²) in [5.74, 6) is 0.941. The molecule has 0 aliphatic rings. The van der Waals surface area contributed by atoms with Gasteiger partial charge in [0.1, 0.15) is 12.4 Å². The van der Waals surface area contributed by atoms with E-state index in [4.69, 9.17) is 10.5 Å². The predicted octanol–water partition coefficient (Wildman–Crippen LogP) is 1.49. The zero-order chi connectivity index (χ0) is 13.5. The van der Waals surface area contributed by atoms with Crippen LogP contribution in [0.4, 0.5) is 0 Å². The molecule has 0 spiro atoms. The van der Waals surface area contributed by atoms with E-state index in [1.807, 2.05) is 19.1 Å². The van der Waals surface area contributed by atoms with Gasteiger partial charge in [-0.05, 0) is 31.0 Å². The molecule has 0 aliphatic carbocycles. The fourth-order valence-electron chi connectivity index (χ4n) is 1.61. The van der Waals surface area contributed by atoms with Crippen LogP contribution < -0.4 is 10.5 Å². The normalized spacial score (nSPS) is 10.2. The highest BCUT2D eigenvalue weighted by atomic mass is 16.5. The number of hydrogen-bond donors (Lipinski definition) is 1. The first-order chi connectivity index (χ1) is 8.56. The SMILES string of the molecule is Cc1cccc(OCCN(C)C(=O)CCN)c1C. The second-order valence-electron chi connectivity index (χ2n) is 4.40. The van der Waals surface area contributed by atoms with Crippen LogP contribution in [-0.4, -0.2) is 37.6 Å². The van der Waals surface area contributed by atoms with Crippen molar-refractivity contribution in [3.63, 3.8) is 0 Å². The molecule has 0 saturated carbocycles. The molecule has 0 saturated heterocycles. The number of amides is 1. The number of nitrogens with two attached hydrogens (primary N) is 1. The summed E-state index contributed by atoms with van der Waals surface area (Å²) in [5.41, 5.74) is 7.70. The number of aryl methyl sites for hydroxylation is 1.